The van der Waals surface area contributed by atoms with Gasteiger partial charge in [-0.15, -0.1) is 0 Å². The van der Waals surface area contributed by atoms with Gasteiger partial charge in [-0.2, -0.15) is 0 Å². The fourth-order valence-electron chi connectivity index (χ4n) is 3.51. The summed E-state index contributed by atoms with van der Waals surface area (Å²) in [6.07, 6.45) is 7.35. The second kappa shape index (κ2) is 4.31. The van der Waals surface area contributed by atoms with Crippen LogP contribution in [0.3, 0.4) is 0 Å². The summed E-state index contributed by atoms with van der Waals surface area (Å²) in [5, 5.41) is 0. The molecule has 0 bridgehead atoms. The standard InChI is InChI=1S/C15H26/c1-10(2)14-7-11(3)15(12(4)8-14)9-13-5-6-13/h11-15H,1,5-9H2,2-4H3. The van der Waals surface area contributed by atoms with E-state index >= 15 is 0 Å². The molecule has 0 aromatic rings. The van der Waals surface area contributed by atoms with Crippen LogP contribution in [0.2, 0.25) is 0 Å². The van der Waals surface area contributed by atoms with E-state index in [2.05, 4.69) is 27.4 Å². The second-order valence-corrected chi connectivity index (χ2v) is 6.31. The van der Waals surface area contributed by atoms with Crippen LogP contribution in [-0.4, -0.2) is 0 Å². The van der Waals surface area contributed by atoms with Crippen LogP contribution in [0.4, 0.5) is 0 Å². The largest absolute Gasteiger partial charge is 0.0999 e. The van der Waals surface area contributed by atoms with Crippen LogP contribution < -0.4 is 0 Å². The first-order valence-corrected chi connectivity index (χ1v) is 6.73. The normalized spacial score (nSPS) is 41.5. The molecular weight excluding hydrogens is 180 g/mol. The lowest BCUT2D eigenvalue weighted by molar-refractivity contribution is 0.129. The van der Waals surface area contributed by atoms with Gasteiger partial charge in [0.15, 0.2) is 0 Å². The minimum absolute atomic E-state index is 0.811. The van der Waals surface area contributed by atoms with E-state index in [1.165, 1.54) is 37.7 Å². The molecule has 0 spiro atoms. The van der Waals surface area contributed by atoms with E-state index in [1.807, 2.05) is 0 Å². The molecule has 15 heavy (non-hydrogen) atoms. The maximum atomic E-state index is 4.15. The summed E-state index contributed by atoms with van der Waals surface area (Å²) in [6, 6.07) is 0. The minimum Gasteiger partial charge on any atom is -0.0999 e. The molecule has 0 aliphatic heterocycles. The lowest BCUT2D eigenvalue weighted by Gasteiger charge is -2.39. The molecule has 0 saturated heterocycles. The van der Waals surface area contributed by atoms with Crippen molar-refractivity contribution >= 4 is 0 Å². The van der Waals surface area contributed by atoms with Gasteiger partial charge >= 0.3 is 0 Å². The van der Waals surface area contributed by atoms with E-state index in [-0.39, 0.29) is 0 Å². The van der Waals surface area contributed by atoms with Gasteiger partial charge in [0.25, 0.3) is 0 Å². The third-order valence-corrected chi connectivity index (χ3v) is 4.77. The van der Waals surface area contributed by atoms with Crippen LogP contribution in [-0.2, 0) is 0 Å². The van der Waals surface area contributed by atoms with Crippen LogP contribution in [0.15, 0.2) is 12.2 Å². The van der Waals surface area contributed by atoms with E-state index in [0.717, 1.165) is 29.6 Å². The molecule has 0 heterocycles. The zero-order valence-corrected chi connectivity index (χ0v) is 10.6. The molecule has 2 aliphatic carbocycles. The topological polar surface area (TPSA) is 0 Å². The van der Waals surface area contributed by atoms with E-state index in [4.69, 9.17) is 0 Å². The van der Waals surface area contributed by atoms with Gasteiger partial charge in [-0.05, 0) is 55.8 Å². The van der Waals surface area contributed by atoms with E-state index < -0.39 is 0 Å². The maximum Gasteiger partial charge on any atom is -0.0203 e. The Morgan fingerprint density at radius 2 is 1.67 bits per heavy atom. The lowest BCUT2D eigenvalue weighted by atomic mass is 9.66. The lowest BCUT2D eigenvalue weighted by Crippen LogP contribution is -2.30. The van der Waals surface area contributed by atoms with Gasteiger partial charge in [-0.3, -0.25) is 0 Å². The number of allylic oxidation sites excluding steroid dienone is 1. The Morgan fingerprint density at radius 3 is 2.07 bits per heavy atom. The molecular formula is C15H26. The Hall–Kier alpha value is -0.260. The van der Waals surface area contributed by atoms with Crippen molar-refractivity contribution < 1.29 is 0 Å². The first-order chi connectivity index (χ1) is 7.08. The van der Waals surface area contributed by atoms with Crippen molar-refractivity contribution in [3.05, 3.63) is 12.2 Å². The van der Waals surface area contributed by atoms with E-state index in [9.17, 15) is 0 Å². The Labute approximate surface area is 95.1 Å². The number of rotatable bonds is 3. The van der Waals surface area contributed by atoms with Gasteiger partial charge in [0, 0.05) is 0 Å². The van der Waals surface area contributed by atoms with Crippen molar-refractivity contribution in [2.45, 2.75) is 52.9 Å². The molecule has 0 N–H and O–H groups in total. The van der Waals surface area contributed by atoms with Crippen LogP contribution in [0, 0.1) is 29.6 Å². The molecule has 0 radical (unpaired) electrons. The highest BCUT2D eigenvalue weighted by atomic mass is 14.4. The summed E-state index contributed by atoms with van der Waals surface area (Å²) in [4.78, 5) is 0. The van der Waals surface area contributed by atoms with Crippen LogP contribution in [0.25, 0.3) is 0 Å². The zero-order chi connectivity index (χ0) is 11.0. The third kappa shape index (κ3) is 2.65. The molecule has 2 unspecified atom stereocenters. The molecule has 0 aromatic carbocycles. The van der Waals surface area contributed by atoms with E-state index in [1.54, 1.807) is 0 Å². The third-order valence-electron chi connectivity index (χ3n) is 4.77. The molecule has 0 nitrogen and oxygen atoms in total. The van der Waals surface area contributed by atoms with Crippen molar-refractivity contribution in [2.24, 2.45) is 29.6 Å². The predicted octanol–water partition coefficient (Wildman–Crippen LogP) is 4.66. The molecule has 2 aliphatic rings. The van der Waals surface area contributed by atoms with Crippen molar-refractivity contribution in [1.82, 2.24) is 0 Å². The molecule has 2 rings (SSSR count). The summed E-state index contributed by atoms with van der Waals surface area (Å²) >= 11 is 0. The highest BCUT2D eigenvalue weighted by Gasteiger charge is 2.36. The van der Waals surface area contributed by atoms with Crippen molar-refractivity contribution in [2.75, 3.05) is 0 Å². The second-order valence-electron chi connectivity index (χ2n) is 6.31. The molecule has 0 heteroatoms. The van der Waals surface area contributed by atoms with Crippen LogP contribution >= 0.6 is 0 Å². The SMILES string of the molecule is C=C(C)C1CC(C)C(CC2CC2)C(C)C1. The van der Waals surface area contributed by atoms with Crippen molar-refractivity contribution in [3.63, 3.8) is 0 Å². The zero-order valence-electron chi connectivity index (χ0n) is 10.6. The molecule has 86 valence electrons. The summed E-state index contributed by atoms with van der Waals surface area (Å²) in [5.74, 6) is 4.77. The van der Waals surface area contributed by atoms with Crippen molar-refractivity contribution in [3.8, 4) is 0 Å². The Kier molecular flexibility index (Phi) is 3.23. The van der Waals surface area contributed by atoms with Crippen LogP contribution in [0.1, 0.15) is 52.9 Å². The van der Waals surface area contributed by atoms with Crippen molar-refractivity contribution in [1.29, 1.82) is 0 Å². The fourth-order valence-corrected chi connectivity index (χ4v) is 3.51. The Bertz CT molecular complexity index is 224. The van der Waals surface area contributed by atoms with Gasteiger partial charge in [0.1, 0.15) is 0 Å². The Morgan fingerprint density at radius 1 is 1.13 bits per heavy atom. The highest BCUT2D eigenvalue weighted by molar-refractivity contribution is 5.01. The Balaban J connectivity index is 1.93. The number of hydrogen-bond donors (Lipinski definition) is 0. The molecule has 0 aromatic heterocycles. The minimum atomic E-state index is 0.811. The molecule has 2 fully saturated rings. The molecule has 0 amide bonds. The fraction of sp³-hybridized carbons (Fsp3) is 0.867. The molecule has 2 atom stereocenters. The summed E-state index contributed by atoms with van der Waals surface area (Å²) in [7, 11) is 0. The first kappa shape index (κ1) is 11.2. The van der Waals surface area contributed by atoms with Gasteiger partial charge in [-0.1, -0.05) is 38.8 Å². The van der Waals surface area contributed by atoms with Gasteiger partial charge in [0.2, 0.25) is 0 Å². The predicted molar refractivity (Wildman–Crippen MR) is 66.7 cm³/mol. The average Bonchev–Trinajstić information content (AvgIpc) is 2.94. The van der Waals surface area contributed by atoms with Gasteiger partial charge < -0.3 is 0 Å². The average molecular weight is 206 g/mol. The van der Waals surface area contributed by atoms with E-state index in [0.29, 0.717) is 0 Å². The van der Waals surface area contributed by atoms with Crippen LogP contribution in [0.5, 0.6) is 0 Å². The van der Waals surface area contributed by atoms with Gasteiger partial charge in [0.05, 0.1) is 0 Å². The smallest absolute Gasteiger partial charge is 0.0203 e. The summed E-state index contributed by atoms with van der Waals surface area (Å²) < 4.78 is 0. The first-order valence-electron chi connectivity index (χ1n) is 6.73. The summed E-state index contributed by atoms with van der Waals surface area (Å²) in [5.41, 5.74) is 1.42. The number of hydrogen-bond acceptors (Lipinski definition) is 0. The molecule has 2 saturated carbocycles. The quantitative estimate of drug-likeness (QED) is 0.589. The monoisotopic (exact) mass is 206 g/mol. The van der Waals surface area contributed by atoms with Gasteiger partial charge in [-0.25, -0.2) is 0 Å². The summed E-state index contributed by atoms with van der Waals surface area (Å²) in [6.45, 7) is 11.3. The maximum absolute atomic E-state index is 4.15. The highest BCUT2D eigenvalue weighted by Crippen LogP contribution is 2.47.